The van der Waals surface area contributed by atoms with Gasteiger partial charge in [-0.25, -0.2) is 4.57 Å². The summed E-state index contributed by atoms with van der Waals surface area (Å²) in [5.41, 5.74) is 0. The third kappa shape index (κ3) is 47.2. The molecule has 0 unspecified atom stereocenters. The molecule has 0 amide bonds. The van der Waals surface area contributed by atoms with Gasteiger partial charge < -0.3 is 19.3 Å². The molecule has 0 aromatic carbocycles. The Bertz CT molecular complexity index is 993. The van der Waals surface area contributed by atoms with E-state index in [4.69, 9.17) is 19.3 Å². The van der Waals surface area contributed by atoms with Crippen LogP contribution in [0.5, 0.6) is 0 Å². The molecule has 0 bridgehead atoms. The fourth-order valence-electron chi connectivity index (χ4n) is 7.30. The van der Waals surface area contributed by atoms with Gasteiger partial charge in [0.05, 0.1) is 6.61 Å². The van der Waals surface area contributed by atoms with Gasteiger partial charge in [0.25, 0.3) is 0 Å². The maximum atomic E-state index is 12.5. The Kier molecular flexibility index (Phi) is 43.9. The van der Waals surface area contributed by atoms with Crippen LogP contribution in [0, 0.1) is 0 Å². The highest BCUT2D eigenvalue weighted by Gasteiger charge is 2.22. The van der Waals surface area contributed by atoms with E-state index in [1.54, 1.807) is 0 Å². The number of phosphoric acid groups is 1. The molecule has 0 spiro atoms. The average molecular weight is 841 g/mol. The van der Waals surface area contributed by atoms with Crippen LogP contribution in [0.1, 0.15) is 258 Å². The third-order valence-corrected chi connectivity index (χ3v) is 11.5. The molecule has 0 aliphatic heterocycles. The number of carbonyl (C=O) groups excluding carboxylic acids is 2. The van der Waals surface area contributed by atoms with Crippen molar-refractivity contribution in [3.8, 4) is 0 Å². The lowest BCUT2D eigenvalue weighted by Crippen LogP contribution is -2.29. The van der Waals surface area contributed by atoms with E-state index in [0.29, 0.717) is 12.8 Å². The first-order valence-electron chi connectivity index (χ1n) is 24.6. The quantitative estimate of drug-likeness (QED) is 0.0269. The summed E-state index contributed by atoms with van der Waals surface area (Å²) < 4.78 is 26.5. The number of rotatable bonds is 46. The molecule has 0 fully saturated rings. The Morgan fingerprint density at radius 2 is 0.793 bits per heavy atom. The topological polar surface area (TPSA) is 119 Å². The van der Waals surface area contributed by atoms with Crippen LogP contribution < -0.4 is 0 Å². The van der Waals surface area contributed by atoms with Gasteiger partial charge in [-0.15, -0.1) is 0 Å². The molecule has 1 atom stereocenters. The van der Waals surface area contributed by atoms with E-state index in [1.807, 2.05) is 0 Å². The summed E-state index contributed by atoms with van der Waals surface area (Å²) in [6.45, 7) is 3.69. The van der Waals surface area contributed by atoms with Gasteiger partial charge in [0.1, 0.15) is 6.61 Å². The van der Waals surface area contributed by atoms with E-state index in [9.17, 15) is 14.2 Å². The molecule has 0 saturated heterocycles. The Balaban J connectivity index is 3.83. The molecule has 342 valence electrons. The molecule has 0 aliphatic carbocycles. The van der Waals surface area contributed by atoms with E-state index in [2.05, 4.69) is 42.7 Å². The molecule has 0 rings (SSSR count). The van der Waals surface area contributed by atoms with Crippen molar-refractivity contribution >= 4 is 19.8 Å². The van der Waals surface area contributed by atoms with Crippen molar-refractivity contribution in [3.05, 3.63) is 24.3 Å². The van der Waals surface area contributed by atoms with Crippen LogP contribution in [-0.2, 0) is 28.2 Å². The SMILES string of the molecule is CCCCCCCCCCC/C=C/C/C=C/CCCC(=O)OC[C@H](COP(=O)(O)O)OC(=O)CCCCCCCCCCCCCCCCCCCCCCCCC. The lowest BCUT2D eigenvalue weighted by Gasteiger charge is -2.18. The summed E-state index contributed by atoms with van der Waals surface area (Å²) in [6.07, 6.45) is 53.5. The van der Waals surface area contributed by atoms with Gasteiger partial charge in [0.15, 0.2) is 6.10 Å². The van der Waals surface area contributed by atoms with Gasteiger partial charge in [-0.2, -0.15) is 0 Å². The van der Waals surface area contributed by atoms with Crippen molar-refractivity contribution in [2.24, 2.45) is 0 Å². The molecule has 0 heterocycles. The number of phosphoric ester groups is 1. The van der Waals surface area contributed by atoms with Gasteiger partial charge >= 0.3 is 19.8 Å². The summed E-state index contributed by atoms with van der Waals surface area (Å²) in [6, 6.07) is 0. The van der Waals surface area contributed by atoms with Gasteiger partial charge in [-0.1, -0.05) is 231 Å². The summed E-state index contributed by atoms with van der Waals surface area (Å²) in [5, 5.41) is 0. The van der Waals surface area contributed by atoms with Crippen LogP contribution in [0.15, 0.2) is 24.3 Å². The van der Waals surface area contributed by atoms with Crippen LogP contribution in [0.4, 0.5) is 0 Å². The monoisotopic (exact) mass is 841 g/mol. The van der Waals surface area contributed by atoms with Crippen LogP contribution >= 0.6 is 7.82 Å². The van der Waals surface area contributed by atoms with Gasteiger partial charge in [0.2, 0.25) is 0 Å². The van der Waals surface area contributed by atoms with Crippen molar-refractivity contribution in [1.29, 1.82) is 0 Å². The Labute approximate surface area is 358 Å². The zero-order chi connectivity index (χ0) is 42.5. The minimum atomic E-state index is -4.76. The second-order valence-electron chi connectivity index (χ2n) is 16.8. The van der Waals surface area contributed by atoms with Crippen LogP contribution in [0.25, 0.3) is 0 Å². The molecule has 58 heavy (non-hydrogen) atoms. The second-order valence-corrected chi connectivity index (χ2v) is 18.0. The molecule has 0 radical (unpaired) electrons. The molecule has 0 aliphatic rings. The van der Waals surface area contributed by atoms with Gasteiger partial charge in [-0.05, 0) is 38.5 Å². The zero-order valence-corrected chi connectivity index (χ0v) is 38.9. The van der Waals surface area contributed by atoms with Crippen molar-refractivity contribution in [2.75, 3.05) is 13.2 Å². The first-order valence-corrected chi connectivity index (χ1v) is 26.2. The van der Waals surface area contributed by atoms with Crippen LogP contribution in [0.2, 0.25) is 0 Å². The number of hydrogen-bond donors (Lipinski definition) is 2. The molecule has 0 aromatic heterocycles. The van der Waals surface area contributed by atoms with Crippen molar-refractivity contribution < 1.29 is 37.9 Å². The predicted molar refractivity (Wildman–Crippen MR) is 244 cm³/mol. The summed E-state index contributed by atoms with van der Waals surface area (Å²) in [5.74, 6) is -0.924. The second kappa shape index (κ2) is 45.1. The molecule has 9 heteroatoms. The molecular formula is C49H93O8P. The molecule has 0 aromatic rings. The van der Waals surface area contributed by atoms with Crippen LogP contribution in [0.3, 0.4) is 0 Å². The summed E-state index contributed by atoms with van der Waals surface area (Å²) in [7, 11) is -4.76. The van der Waals surface area contributed by atoms with E-state index in [1.165, 1.54) is 180 Å². The number of allylic oxidation sites excluding steroid dienone is 4. The van der Waals surface area contributed by atoms with E-state index >= 15 is 0 Å². The average Bonchev–Trinajstić information content (AvgIpc) is 3.20. The molecule has 2 N–H and O–H groups in total. The summed E-state index contributed by atoms with van der Waals surface area (Å²) >= 11 is 0. The first kappa shape index (κ1) is 56.5. The smallest absolute Gasteiger partial charge is 0.462 e. The normalized spacial score (nSPS) is 12.6. The third-order valence-electron chi connectivity index (χ3n) is 11.0. The van der Waals surface area contributed by atoms with Crippen molar-refractivity contribution in [2.45, 2.75) is 264 Å². The maximum absolute atomic E-state index is 12.5. The zero-order valence-electron chi connectivity index (χ0n) is 38.0. The number of hydrogen-bond acceptors (Lipinski definition) is 6. The van der Waals surface area contributed by atoms with Crippen LogP contribution in [-0.4, -0.2) is 41.0 Å². The minimum absolute atomic E-state index is 0.207. The fraction of sp³-hybridized carbons (Fsp3) is 0.878. The largest absolute Gasteiger partial charge is 0.469 e. The number of carbonyl (C=O) groups is 2. The lowest BCUT2D eigenvalue weighted by atomic mass is 10.0. The van der Waals surface area contributed by atoms with Crippen molar-refractivity contribution in [1.82, 2.24) is 0 Å². The number of unbranched alkanes of at least 4 members (excludes halogenated alkanes) is 32. The Hall–Kier alpha value is -1.47. The van der Waals surface area contributed by atoms with E-state index in [0.717, 1.165) is 38.5 Å². The van der Waals surface area contributed by atoms with Gasteiger partial charge in [0, 0.05) is 12.8 Å². The number of esters is 2. The molecular weight excluding hydrogens is 748 g/mol. The first-order chi connectivity index (χ1) is 28.3. The highest BCUT2D eigenvalue weighted by molar-refractivity contribution is 7.46. The van der Waals surface area contributed by atoms with Gasteiger partial charge in [-0.3, -0.25) is 14.1 Å². The minimum Gasteiger partial charge on any atom is -0.462 e. The Morgan fingerprint density at radius 3 is 1.19 bits per heavy atom. The molecule has 0 saturated carbocycles. The fourth-order valence-corrected chi connectivity index (χ4v) is 7.66. The lowest BCUT2D eigenvalue weighted by molar-refractivity contribution is -0.161. The highest BCUT2D eigenvalue weighted by atomic mass is 31.2. The number of ether oxygens (including phenoxy) is 2. The standard InChI is InChI=1S/C49H93O8P/c1-3-5-7-9-11-13-15-17-19-21-22-23-24-25-26-28-30-32-34-36-38-40-42-44-49(51)57-47(46-56-58(52,53)54)45-55-48(50)43-41-39-37-35-33-31-29-27-20-18-16-14-12-10-8-6-4-2/h29,31,35,37,47H,3-28,30,32-34,36,38-46H2,1-2H3,(H2,52,53,54)/b31-29+,37-35+/t47-/m1/s1. The van der Waals surface area contributed by atoms with Crippen molar-refractivity contribution in [3.63, 3.8) is 0 Å². The summed E-state index contributed by atoms with van der Waals surface area (Å²) in [4.78, 5) is 43.0. The highest BCUT2D eigenvalue weighted by Crippen LogP contribution is 2.36. The predicted octanol–water partition coefficient (Wildman–Crippen LogP) is 15.5. The van der Waals surface area contributed by atoms with E-state index in [-0.39, 0.29) is 19.4 Å². The maximum Gasteiger partial charge on any atom is 0.469 e. The van der Waals surface area contributed by atoms with E-state index < -0.39 is 32.5 Å². The molecule has 8 nitrogen and oxygen atoms in total. The Morgan fingerprint density at radius 1 is 0.448 bits per heavy atom.